The van der Waals surface area contributed by atoms with E-state index in [1.54, 1.807) is 31.4 Å². The van der Waals surface area contributed by atoms with Gasteiger partial charge < -0.3 is 14.8 Å². The normalized spacial score (nSPS) is 12.2. The maximum absolute atomic E-state index is 13.0. The molecular formula is C29H36N2O5S. The zero-order valence-corrected chi connectivity index (χ0v) is 23.1. The van der Waals surface area contributed by atoms with E-state index in [4.69, 9.17) is 9.47 Å². The summed E-state index contributed by atoms with van der Waals surface area (Å²) >= 11 is 0. The average Bonchev–Trinajstić information content (AvgIpc) is 2.86. The third kappa shape index (κ3) is 7.49. The smallest absolute Gasteiger partial charge is 0.241 e. The van der Waals surface area contributed by atoms with Gasteiger partial charge in [-0.1, -0.05) is 44.2 Å². The van der Waals surface area contributed by atoms with Crippen LogP contribution in [0.25, 0.3) is 0 Å². The maximum Gasteiger partial charge on any atom is 0.241 e. The second-order valence-corrected chi connectivity index (χ2v) is 11.3. The first-order valence-corrected chi connectivity index (χ1v) is 14.1. The highest BCUT2D eigenvalue weighted by Crippen LogP contribution is 2.32. The number of nitrogens with one attached hydrogen (secondary N) is 1. The lowest BCUT2D eigenvalue weighted by Gasteiger charge is -2.25. The molecule has 3 aromatic carbocycles. The first kappa shape index (κ1) is 28.1. The molecule has 0 aliphatic rings. The Balaban J connectivity index is 1.71. The Hall–Kier alpha value is -3.52. The van der Waals surface area contributed by atoms with Crippen LogP contribution in [0.15, 0.2) is 66.7 Å². The van der Waals surface area contributed by atoms with Crippen molar-refractivity contribution < 1.29 is 22.7 Å². The fourth-order valence-corrected chi connectivity index (χ4v) is 5.01. The summed E-state index contributed by atoms with van der Waals surface area (Å²) in [6.07, 6.45) is 1.09. The van der Waals surface area contributed by atoms with Gasteiger partial charge in [0.05, 0.1) is 25.1 Å². The molecule has 7 nitrogen and oxygen atoms in total. The molecule has 0 spiro atoms. The number of methoxy groups -OCH3 is 1. The molecule has 198 valence electrons. The number of benzene rings is 3. The van der Waals surface area contributed by atoms with E-state index in [1.807, 2.05) is 56.3 Å². The maximum atomic E-state index is 13.0. The molecule has 0 fully saturated rings. The fourth-order valence-electron chi connectivity index (χ4n) is 4.16. The van der Waals surface area contributed by atoms with Gasteiger partial charge in [0.15, 0.2) is 0 Å². The molecule has 0 aromatic heterocycles. The lowest BCUT2D eigenvalue weighted by Crippen LogP contribution is -2.41. The van der Waals surface area contributed by atoms with E-state index < -0.39 is 15.9 Å². The molecule has 0 saturated heterocycles. The van der Waals surface area contributed by atoms with Gasteiger partial charge >= 0.3 is 0 Å². The van der Waals surface area contributed by atoms with E-state index in [0.717, 1.165) is 38.6 Å². The second-order valence-electron chi connectivity index (χ2n) is 9.43. The van der Waals surface area contributed by atoms with Crippen LogP contribution in [0.1, 0.15) is 55.0 Å². The highest BCUT2D eigenvalue weighted by atomic mass is 32.2. The van der Waals surface area contributed by atoms with Crippen molar-refractivity contribution in [2.45, 2.75) is 46.3 Å². The quantitative estimate of drug-likeness (QED) is 0.366. The second kappa shape index (κ2) is 12.1. The molecule has 0 heterocycles. The van der Waals surface area contributed by atoms with Gasteiger partial charge in [-0.05, 0) is 78.4 Å². The summed E-state index contributed by atoms with van der Waals surface area (Å²) in [5.74, 6) is 1.27. The Morgan fingerprint density at radius 1 is 0.973 bits per heavy atom. The van der Waals surface area contributed by atoms with Gasteiger partial charge in [-0.2, -0.15) is 0 Å². The summed E-state index contributed by atoms with van der Waals surface area (Å²) in [4.78, 5) is 13.0. The molecule has 0 unspecified atom stereocenters. The van der Waals surface area contributed by atoms with E-state index in [0.29, 0.717) is 18.0 Å². The molecule has 1 N–H and O–H groups in total. The number of carbonyl (C=O) groups excluding carboxylic acids is 1. The SMILES string of the molecule is COc1cc(C)c([C@H](C)NC(=O)CN(c2ccc(OCc3ccccc3)cc2)S(C)(=O)=O)cc1C(C)C. The monoisotopic (exact) mass is 524 g/mol. The minimum atomic E-state index is -3.70. The molecule has 0 aliphatic carbocycles. The molecular weight excluding hydrogens is 488 g/mol. The fraction of sp³-hybridized carbons (Fsp3) is 0.345. The minimum absolute atomic E-state index is 0.248. The predicted molar refractivity (Wildman–Crippen MR) is 148 cm³/mol. The van der Waals surface area contributed by atoms with Crippen molar-refractivity contribution in [2.24, 2.45) is 0 Å². The van der Waals surface area contributed by atoms with Crippen molar-refractivity contribution in [3.8, 4) is 11.5 Å². The van der Waals surface area contributed by atoms with Crippen molar-refractivity contribution >= 4 is 21.6 Å². The highest BCUT2D eigenvalue weighted by Gasteiger charge is 2.23. The Bertz CT molecular complexity index is 1310. The van der Waals surface area contributed by atoms with Crippen molar-refractivity contribution in [1.82, 2.24) is 5.32 Å². The van der Waals surface area contributed by atoms with Crippen LogP contribution in [0.5, 0.6) is 11.5 Å². The van der Waals surface area contributed by atoms with Crippen molar-refractivity contribution in [3.63, 3.8) is 0 Å². The molecule has 3 aromatic rings. The van der Waals surface area contributed by atoms with E-state index in [2.05, 4.69) is 19.2 Å². The summed E-state index contributed by atoms with van der Waals surface area (Å²) in [5, 5.41) is 2.95. The molecule has 0 aliphatic heterocycles. The number of amides is 1. The van der Waals surface area contributed by atoms with E-state index >= 15 is 0 Å². The molecule has 8 heteroatoms. The van der Waals surface area contributed by atoms with Gasteiger partial charge in [-0.25, -0.2) is 8.42 Å². The van der Waals surface area contributed by atoms with Crippen molar-refractivity contribution in [2.75, 3.05) is 24.2 Å². The van der Waals surface area contributed by atoms with Crippen LogP contribution >= 0.6 is 0 Å². The number of hydrogen-bond donors (Lipinski definition) is 1. The lowest BCUT2D eigenvalue weighted by molar-refractivity contribution is -0.120. The zero-order chi connectivity index (χ0) is 27.2. The van der Waals surface area contributed by atoms with Crippen LogP contribution < -0.4 is 19.1 Å². The van der Waals surface area contributed by atoms with Crippen LogP contribution in [0.3, 0.4) is 0 Å². The van der Waals surface area contributed by atoms with E-state index in [-0.39, 0.29) is 18.5 Å². The van der Waals surface area contributed by atoms with Crippen LogP contribution in [-0.2, 0) is 21.4 Å². The van der Waals surface area contributed by atoms with Gasteiger partial charge in [0.25, 0.3) is 0 Å². The summed E-state index contributed by atoms with van der Waals surface area (Å²) in [7, 11) is -2.06. The van der Waals surface area contributed by atoms with Gasteiger partial charge in [0, 0.05) is 0 Å². The predicted octanol–water partition coefficient (Wildman–Crippen LogP) is 5.35. The first-order valence-electron chi connectivity index (χ1n) is 12.2. The first-order chi connectivity index (χ1) is 17.5. The van der Waals surface area contributed by atoms with Crippen LogP contribution in [-0.4, -0.2) is 34.2 Å². The Morgan fingerprint density at radius 3 is 2.19 bits per heavy atom. The summed E-state index contributed by atoms with van der Waals surface area (Å²) in [6, 6.07) is 20.1. The Labute approximate surface area is 220 Å². The molecule has 37 heavy (non-hydrogen) atoms. The Morgan fingerprint density at radius 2 is 1.62 bits per heavy atom. The average molecular weight is 525 g/mol. The zero-order valence-electron chi connectivity index (χ0n) is 22.3. The van der Waals surface area contributed by atoms with Crippen molar-refractivity contribution in [3.05, 3.63) is 89.0 Å². The van der Waals surface area contributed by atoms with Gasteiger partial charge in [-0.3, -0.25) is 9.10 Å². The van der Waals surface area contributed by atoms with E-state index in [9.17, 15) is 13.2 Å². The molecule has 0 saturated carbocycles. The number of anilines is 1. The summed E-state index contributed by atoms with van der Waals surface area (Å²) in [6.45, 7) is 8.10. The lowest BCUT2D eigenvalue weighted by atomic mass is 9.93. The largest absolute Gasteiger partial charge is 0.496 e. The van der Waals surface area contributed by atoms with Crippen LogP contribution in [0, 0.1) is 6.92 Å². The Kier molecular flexibility index (Phi) is 9.21. The third-order valence-electron chi connectivity index (χ3n) is 6.14. The topological polar surface area (TPSA) is 84.9 Å². The molecule has 0 bridgehead atoms. The van der Waals surface area contributed by atoms with Crippen molar-refractivity contribution in [1.29, 1.82) is 0 Å². The molecule has 3 rings (SSSR count). The molecule has 1 amide bonds. The number of rotatable bonds is 11. The number of ether oxygens (including phenoxy) is 2. The number of hydrogen-bond acceptors (Lipinski definition) is 5. The van der Waals surface area contributed by atoms with E-state index in [1.165, 1.54) is 0 Å². The van der Waals surface area contributed by atoms with Gasteiger partial charge in [0.1, 0.15) is 24.7 Å². The van der Waals surface area contributed by atoms with Gasteiger partial charge in [0.2, 0.25) is 15.9 Å². The summed E-state index contributed by atoms with van der Waals surface area (Å²) in [5.41, 5.74) is 4.42. The van der Waals surface area contributed by atoms with Crippen LogP contribution in [0.2, 0.25) is 0 Å². The standard InChI is InChI=1S/C29H36N2O5S/c1-20(2)26-17-27(21(3)16-28(26)35-5)22(4)30-29(32)18-31(37(6,33)34)24-12-14-25(15-13-24)36-19-23-10-8-7-9-11-23/h7-17,20,22H,18-19H2,1-6H3,(H,30,32)/t22-/m0/s1. The number of aryl methyl sites for hydroxylation is 1. The molecule has 1 atom stereocenters. The highest BCUT2D eigenvalue weighted by molar-refractivity contribution is 7.92. The minimum Gasteiger partial charge on any atom is -0.496 e. The number of carbonyl (C=O) groups is 1. The third-order valence-corrected chi connectivity index (χ3v) is 7.29. The summed E-state index contributed by atoms with van der Waals surface area (Å²) < 4.78 is 37.5. The number of nitrogens with zero attached hydrogens (tertiary/aromatic N) is 1. The van der Waals surface area contributed by atoms with Crippen LogP contribution in [0.4, 0.5) is 5.69 Å². The molecule has 0 radical (unpaired) electrons. The number of sulfonamides is 1. The van der Waals surface area contributed by atoms with Gasteiger partial charge in [-0.15, -0.1) is 0 Å².